The van der Waals surface area contributed by atoms with Crippen LogP contribution in [-0.4, -0.2) is 42.5 Å². The summed E-state index contributed by atoms with van der Waals surface area (Å²) >= 11 is 0. The van der Waals surface area contributed by atoms with Gasteiger partial charge in [0, 0.05) is 36.3 Å². The van der Waals surface area contributed by atoms with Crippen LogP contribution in [0.15, 0.2) is 63.8 Å². The molecule has 2 amide bonds. The standard InChI is InChI=1S/C24H24N2O5/c1-3-17-13-23(28)31-21-14-19(9-10-20(17)21)30-16(2)24(29)25-11-12-26(22(27)15-25)18-7-5-4-6-8-18/h4-10,13-14,16H,3,11-12,15H2,1-2H3. The van der Waals surface area contributed by atoms with E-state index < -0.39 is 11.7 Å². The van der Waals surface area contributed by atoms with Crippen LogP contribution in [0.1, 0.15) is 19.4 Å². The highest BCUT2D eigenvalue weighted by Gasteiger charge is 2.31. The number of ether oxygens (including phenoxy) is 1. The molecule has 3 aromatic rings. The molecule has 2 aromatic carbocycles. The van der Waals surface area contributed by atoms with Crippen LogP contribution >= 0.6 is 0 Å². The first-order valence-corrected chi connectivity index (χ1v) is 10.3. The minimum absolute atomic E-state index is 0.00782. The van der Waals surface area contributed by atoms with E-state index in [-0.39, 0.29) is 18.4 Å². The van der Waals surface area contributed by atoms with Crippen LogP contribution in [-0.2, 0) is 16.0 Å². The summed E-state index contributed by atoms with van der Waals surface area (Å²) in [6.45, 7) is 4.49. The Morgan fingerprint density at radius 3 is 2.58 bits per heavy atom. The first-order valence-electron chi connectivity index (χ1n) is 10.3. The molecule has 0 bridgehead atoms. The Bertz CT molecular complexity index is 1170. The largest absolute Gasteiger partial charge is 0.481 e. The fraction of sp³-hybridized carbons (Fsp3) is 0.292. The van der Waals surface area contributed by atoms with Crippen molar-refractivity contribution in [2.24, 2.45) is 0 Å². The van der Waals surface area contributed by atoms with Gasteiger partial charge in [-0.05, 0) is 43.2 Å². The second kappa shape index (κ2) is 8.63. The zero-order valence-electron chi connectivity index (χ0n) is 17.5. The van der Waals surface area contributed by atoms with Crippen molar-refractivity contribution < 1.29 is 18.7 Å². The van der Waals surface area contributed by atoms with E-state index in [2.05, 4.69) is 0 Å². The molecule has 1 aliphatic heterocycles. The lowest BCUT2D eigenvalue weighted by molar-refractivity contribution is -0.142. The van der Waals surface area contributed by atoms with Gasteiger partial charge in [-0.1, -0.05) is 25.1 Å². The number of anilines is 1. The number of hydrogen-bond acceptors (Lipinski definition) is 5. The van der Waals surface area contributed by atoms with Crippen molar-refractivity contribution in [1.29, 1.82) is 0 Å². The van der Waals surface area contributed by atoms with E-state index in [1.807, 2.05) is 43.3 Å². The highest BCUT2D eigenvalue weighted by atomic mass is 16.5. The van der Waals surface area contributed by atoms with Crippen molar-refractivity contribution in [3.05, 3.63) is 70.6 Å². The van der Waals surface area contributed by atoms with Gasteiger partial charge in [0.25, 0.3) is 5.91 Å². The second-order valence-corrected chi connectivity index (χ2v) is 7.50. The minimum Gasteiger partial charge on any atom is -0.481 e. The molecule has 1 aliphatic rings. The van der Waals surface area contributed by atoms with Crippen LogP contribution in [0.2, 0.25) is 0 Å². The van der Waals surface area contributed by atoms with Crippen molar-refractivity contribution in [3.8, 4) is 5.75 Å². The fourth-order valence-electron chi connectivity index (χ4n) is 3.83. The summed E-state index contributed by atoms with van der Waals surface area (Å²) in [5.74, 6) is 0.0431. The predicted molar refractivity (Wildman–Crippen MR) is 117 cm³/mol. The Morgan fingerprint density at radius 1 is 1.10 bits per heavy atom. The maximum atomic E-state index is 12.9. The predicted octanol–water partition coefficient (Wildman–Crippen LogP) is 3.00. The molecular weight excluding hydrogens is 396 g/mol. The number of carbonyl (C=O) groups is 2. The van der Waals surface area contributed by atoms with Gasteiger partial charge < -0.3 is 19.0 Å². The third-order valence-electron chi connectivity index (χ3n) is 5.44. The number of para-hydroxylation sites is 1. The number of piperazine rings is 1. The number of rotatable bonds is 5. The molecule has 0 spiro atoms. The van der Waals surface area contributed by atoms with E-state index >= 15 is 0 Å². The Labute approximate surface area is 179 Å². The van der Waals surface area contributed by atoms with E-state index in [0.717, 1.165) is 16.6 Å². The van der Waals surface area contributed by atoms with Gasteiger partial charge in [0.05, 0.1) is 0 Å². The minimum atomic E-state index is -0.783. The third kappa shape index (κ3) is 4.30. The number of nitrogens with zero attached hydrogens (tertiary/aromatic N) is 2. The first kappa shape index (κ1) is 20.7. The molecular formula is C24H24N2O5. The molecule has 31 heavy (non-hydrogen) atoms. The lowest BCUT2D eigenvalue weighted by Gasteiger charge is -2.35. The van der Waals surface area contributed by atoms with Crippen LogP contribution in [0.3, 0.4) is 0 Å². The number of amides is 2. The number of carbonyl (C=O) groups excluding carboxylic acids is 2. The SMILES string of the molecule is CCc1cc(=O)oc2cc(OC(C)C(=O)N3CCN(c4ccccc4)C(=O)C3)ccc12. The fourth-order valence-corrected chi connectivity index (χ4v) is 3.83. The Balaban J connectivity index is 1.44. The highest BCUT2D eigenvalue weighted by Crippen LogP contribution is 2.24. The van der Waals surface area contributed by atoms with Gasteiger partial charge in [0.15, 0.2) is 6.10 Å². The van der Waals surface area contributed by atoms with Crippen molar-refractivity contribution in [1.82, 2.24) is 4.90 Å². The van der Waals surface area contributed by atoms with Crippen LogP contribution in [0.5, 0.6) is 5.75 Å². The summed E-state index contributed by atoms with van der Waals surface area (Å²) in [5.41, 5.74) is 1.73. The molecule has 1 unspecified atom stereocenters. The molecule has 4 rings (SSSR count). The van der Waals surface area contributed by atoms with Crippen LogP contribution in [0, 0.1) is 0 Å². The summed E-state index contributed by atoms with van der Waals surface area (Å²) in [4.78, 5) is 40.4. The zero-order valence-corrected chi connectivity index (χ0v) is 17.5. The molecule has 160 valence electrons. The Kier molecular flexibility index (Phi) is 5.75. The maximum absolute atomic E-state index is 12.9. The molecule has 1 aromatic heterocycles. The number of hydrogen-bond donors (Lipinski definition) is 0. The van der Waals surface area contributed by atoms with E-state index in [0.29, 0.717) is 30.8 Å². The lowest BCUT2D eigenvalue weighted by Crippen LogP contribution is -2.54. The molecule has 2 heterocycles. The van der Waals surface area contributed by atoms with Gasteiger partial charge in [0.1, 0.15) is 17.9 Å². The van der Waals surface area contributed by atoms with E-state index in [1.54, 1.807) is 24.0 Å². The van der Waals surface area contributed by atoms with Gasteiger partial charge in [-0.3, -0.25) is 9.59 Å². The van der Waals surface area contributed by atoms with Crippen molar-refractivity contribution in [2.45, 2.75) is 26.4 Å². The average Bonchev–Trinajstić information content (AvgIpc) is 2.78. The van der Waals surface area contributed by atoms with Gasteiger partial charge in [0.2, 0.25) is 5.91 Å². The van der Waals surface area contributed by atoms with Crippen molar-refractivity contribution >= 4 is 28.5 Å². The summed E-state index contributed by atoms with van der Waals surface area (Å²) in [7, 11) is 0. The molecule has 0 N–H and O–H groups in total. The summed E-state index contributed by atoms with van der Waals surface area (Å²) in [5, 5.41) is 0.844. The lowest BCUT2D eigenvalue weighted by atomic mass is 10.1. The molecule has 0 saturated carbocycles. The molecule has 1 fully saturated rings. The summed E-state index contributed by atoms with van der Waals surface area (Å²) in [6.07, 6.45) is -0.0743. The number of benzene rings is 2. The maximum Gasteiger partial charge on any atom is 0.336 e. The smallest absolute Gasteiger partial charge is 0.336 e. The van der Waals surface area contributed by atoms with Gasteiger partial charge in [-0.25, -0.2) is 4.79 Å². The molecule has 0 radical (unpaired) electrons. The van der Waals surface area contributed by atoms with Crippen LogP contribution in [0.4, 0.5) is 5.69 Å². The third-order valence-corrected chi connectivity index (χ3v) is 5.44. The number of aryl methyl sites for hydroxylation is 1. The second-order valence-electron chi connectivity index (χ2n) is 7.50. The molecule has 1 saturated heterocycles. The molecule has 1 atom stereocenters. The normalized spacial score (nSPS) is 15.2. The van der Waals surface area contributed by atoms with Crippen LogP contribution in [0.25, 0.3) is 11.0 Å². The number of fused-ring (bicyclic) bond motifs is 1. The monoisotopic (exact) mass is 420 g/mol. The van der Waals surface area contributed by atoms with E-state index in [4.69, 9.17) is 9.15 Å². The topological polar surface area (TPSA) is 80.1 Å². The van der Waals surface area contributed by atoms with Gasteiger partial charge in [-0.15, -0.1) is 0 Å². The molecule has 0 aliphatic carbocycles. The quantitative estimate of drug-likeness (QED) is 0.593. The van der Waals surface area contributed by atoms with Crippen molar-refractivity contribution in [2.75, 3.05) is 24.5 Å². The van der Waals surface area contributed by atoms with E-state index in [9.17, 15) is 14.4 Å². The first-order chi connectivity index (χ1) is 15.0. The average molecular weight is 420 g/mol. The van der Waals surface area contributed by atoms with E-state index in [1.165, 1.54) is 11.0 Å². The summed E-state index contributed by atoms with van der Waals surface area (Å²) < 4.78 is 11.1. The summed E-state index contributed by atoms with van der Waals surface area (Å²) in [6, 6.07) is 16.1. The Hall–Kier alpha value is -3.61. The van der Waals surface area contributed by atoms with Gasteiger partial charge in [-0.2, -0.15) is 0 Å². The zero-order chi connectivity index (χ0) is 22.0. The Morgan fingerprint density at radius 2 is 1.87 bits per heavy atom. The molecule has 7 nitrogen and oxygen atoms in total. The van der Waals surface area contributed by atoms with Crippen molar-refractivity contribution in [3.63, 3.8) is 0 Å². The van der Waals surface area contributed by atoms with Crippen LogP contribution < -0.4 is 15.3 Å². The van der Waals surface area contributed by atoms with Gasteiger partial charge >= 0.3 is 5.63 Å². The molecule has 7 heteroatoms. The highest BCUT2D eigenvalue weighted by molar-refractivity contribution is 5.98.